The molecule has 1 fully saturated rings. The minimum atomic E-state index is -0.782. The van der Waals surface area contributed by atoms with Gasteiger partial charge in [-0.1, -0.05) is 25.3 Å². The molecule has 7 heteroatoms. The number of ether oxygens (including phenoxy) is 1. The van der Waals surface area contributed by atoms with Gasteiger partial charge in [0.15, 0.2) is 0 Å². The number of phenolic OH excluding ortho intramolecular Hbond substituents is 1. The van der Waals surface area contributed by atoms with Gasteiger partial charge in [-0.3, -0.25) is 9.59 Å². The molecule has 174 valence electrons. The number of aliphatic carboxylic acids is 1. The van der Waals surface area contributed by atoms with Crippen LogP contribution in [0.25, 0.3) is 0 Å². The van der Waals surface area contributed by atoms with E-state index in [1.165, 1.54) is 0 Å². The Morgan fingerprint density at radius 3 is 2.65 bits per heavy atom. The standard InChI is InChI=1S/C24H36O7/c1-31-15-17-12-16(8-11-21(17)26)13-18(25)9-10-20-19(22(27)14-23(20)28)6-4-2-3-5-7-24(29)30/h8,11-12,18-20,23,25-26,28H,2-7,9-10,13-15H2,1H3,(H,29,30)/t18-,19+,20+,23+/m0/s1. The molecular weight excluding hydrogens is 400 g/mol. The molecule has 0 bridgehead atoms. The second-order valence-corrected chi connectivity index (χ2v) is 8.69. The van der Waals surface area contributed by atoms with Gasteiger partial charge in [-0.15, -0.1) is 0 Å². The van der Waals surface area contributed by atoms with Crippen molar-refractivity contribution in [3.8, 4) is 5.75 Å². The van der Waals surface area contributed by atoms with Gasteiger partial charge in [-0.25, -0.2) is 0 Å². The SMILES string of the molecule is COCc1cc(C[C@@H](O)CC[C@H]2[C@H](O)CC(=O)[C@@H]2CCCCCCC(=O)O)ccc1O. The molecule has 1 saturated carbocycles. The first-order chi connectivity index (χ1) is 14.8. The van der Waals surface area contributed by atoms with E-state index in [1.54, 1.807) is 19.2 Å². The molecule has 4 atom stereocenters. The average Bonchev–Trinajstić information content (AvgIpc) is 2.98. The van der Waals surface area contributed by atoms with Crippen LogP contribution in [0.1, 0.15) is 68.9 Å². The van der Waals surface area contributed by atoms with Crippen LogP contribution in [0.3, 0.4) is 0 Å². The average molecular weight is 437 g/mol. The molecule has 0 amide bonds. The van der Waals surface area contributed by atoms with Gasteiger partial charge in [0.2, 0.25) is 0 Å². The molecule has 2 rings (SSSR count). The van der Waals surface area contributed by atoms with E-state index in [9.17, 15) is 24.9 Å². The van der Waals surface area contributed by atoms with E-state index < -0.39 is 18.2 Å². The van der Waals surface area contributed by atoms with Crippen molar-refractivity contribution >= 4 is 11.8 Å². The molecule has 0 radical (unpaired) electrons. The van der Waals surface area contributed by atoms with Crippen molar-refractivity contribution in [2.24, 2.45) is 11.8 Å². The van der Waals surface area contributed by atoms with Gasteiger partial charge in [0, 0.05) is 31.4 Å². The van der Waals surface area contributed by atoms with Gasteiger partial charge in [-0.05, 0) is 55.7 Å². The summed E-state index contributed by atoms with van der Waals surface area (Å²) in [5.41, 5.74) is 1.57. The first-order valence-electron chi connectivity index (χ1n) is 11.2. The number of carbonyl (C=O) groups excluding carboxylic acids is 1. The zero-order valence-corrected chi connectivity index (χ0v) is 18.3. The predicted octanol–water partition coefficient (Wildman–Crippen LogP) is 3.21. The number of methoxy groups -OCH3 is 1. The fraction of sp³-hybridized carbons (Fsp3) is 0.667. The topological polar surface area (TPSA) is 124 Å². The summed E-state index contributed by atoms with van der Waals surface area (Å²) >= 11 is 0. The van der Waals surface area contributed by atoms with E-state index >= 15 is 0 Å². The van der Waals surface area contributed by atoms with E-state index in [0.717, 1.165) is 24.8 Å². The summed E-state index contributed by atoms with van der Waals surface area (Å²) in [6.07, 6.45) is 4.53. The third-order valence-corrected chi connectivity index (χ3v) is 6.24. The molecule has 4 N–H and O–H groups in total. The zero-order valence-electron chi connectivity index (χ0n) is 18.3. The van der Waals surface area contributed by atoms with Crippen LogP contribution in [0.5, 0.6) is 5.75 Å². The molecule has 1 aromatic rings. The van der Waals surface area contributed by atoms with Gasteiger partial charge in [0.25, 0.3) is 0 Å². The van der Waals surface area contributed by atoms with E-state index in [1.807, 2.05) is 6.07 Å². The number of aliphatic hydroxyl groups is 2. The van der Waals surface area contributed by atoms with Gasteiger partial charge in [0.1, 0.15) is 11.5 Å². The van der Waals surface area contributed by atoms with Crippen molar-refractivity contribution in [3.05, 3.63) is 29.3 Å². The third kappa shape index (κ3) is 8.24. The Kier molecular flexibility index (Phi) is 10.4. The summed E-state index contributed by atoms with van der Waals surface area (Å²) in [5.74, 6) is -0.831. The number of rotatable bonds is 14. The number of hydrogen-bond donors (Lipinski definition) is 4. The third-order valence-electron chi connectivity index (χ3n) is 6.24. The van der Waals surface area contributed by atoms with Crippen LogP contribution in [0.4, 0.5) is 0 Å². The second-order valence-electron chi connectivity index (χ2n) is 8.69. The minimum absolute atomic E-state index is 0.0975. The summed E-state index contributed by atoms with van der Waals surface area (Å²) in [7, 11) is 1.56. The highest BCUT2D eigenvalue weighted by Gasteiger charge is 2.40. The van der Waals surface area contributed by atoms with Crippen LogP contribution in [0.15, 0.2) is 18.2 Å². The number of aliphatic hydroxyl groups excluding tert-OH is 2. The number of Topliss-reactive ketones (excluding diaryl/α,β-unsaturated/α-hetero) is 1. The number of phenols is 1. The van der Waals surface area contributed by atoms with Crippen molar-refractivity contribution in [2.75, 3.05) is 7.11 Å². The molecule has 0 heterocycles. The van der Waals surface area contributed by atoms with Crippen LogP contribution < -0.4 is 0 Å². The van der Waals surface area contributed by atoms with Gasteiger partial charge in [-0.2, -0.15) is 0 Å². The summed E-state index contributed by atoms with van der Waals surface area (Å²) in [6.45, 7) is 0.296. The molecular formula is C24H36O7. The van der Waals surface area contributed by atoms with E-state index in [0.29, 0.717) is 44.3 Å². The fourth-order valence-electron chi connectivity index (χ4n) is 4.57. The molecule has 0 aromatic heterocycles. The Bertz CT molecular complexity index is 718. The maximum Gasteiger partial charge on any atom is 0.303 e. The molecule has 0 unspecified atom stereocenters. The smallest absolute Gasteiger partial charge is 0.303 e. The van der Waals surface area contributed by atoms with Crippen LogP contribution >= 0.6 is 0 Å². The van der Waals surface area contributed by atoms with Crippen molar-refractivity contribution < 1.29 is 34.8 Å². The summed E-state index contributed by atoms with van der Waals surface area (Å²) in [6, 6.07) is 5.20. The lowest BCUT2D eigenvalue weighted by molar-refractivity contribution is -0.137. The van der Waals surface area contributed by atoms with Gasteiger partial charge >= 0.3 is 5.97 Å². The van der Waals surface area contributed by atoms with Crippen molar-refractivity contribution in [1.82, 2.24) is 0 Å². The predicted molar refractivity (Wildman–Crippen MR) is 116 cm³/mol. The monoisotopic (exact) mass is 436 g/mol. The quantitative estimate of drug-likeness (QED) is 0.330. The number of aromatic hydroxyl groups is 1. The minimum Gasteiger partial charge on any atom is -0.508 e. The number of carbonyl (C=O) groups is 2. The molecule has 0 spiro atoms. The summed E-state index contributed by atoms with van der Waals surface area (Å²) < 4.78 is 5.07. The Hall–Kier alpha value is -1.96. The number of benzene rings is 1. The molecule has 0 saturated heterocycles. The lowest BCUT2D eigenvalue weighted by Crippen LogP contribution is -2.23. The van der Waals surface area contributed by atoms with E-state index in [-0.39, 0.29) is 36.2 Å². The number of ketones is 1. The van der Waals surface area contributed by atoms with Crippen molar-refractivity contribution in [3.63, 3.8) is 0 Å². The Balaban J connectivity index is 1.80. The molecule has 0 aliphatic heterocycles. The fourth-order valence-corrected chi connectivity index (χ4v) is 4.57. The maximum absolute atomic E-state index is 12.3. The number of carboxylic acid groups (broad SMARTS) is 1. The normalized spacial score (nSPS) is 22.0. The first-order valence-corrected chi connectivity index (χ1v) is 11.2. The lowest BCUT2D eigenvalue weighted by Gasteiger charge is -2.22. The molecule has 1 aliphatic carbocycles. The highest BCUT2D eigenvalue weighted by Crippen LogP contribution is 2.36. The van der Waals surface area contributed by atoms with Gasteiger partial charge in [0.05, 0.1) is 18.8 Å². The van der Waals surface area contributed by atoms with Crippen molar-refractivity contribution in [2.45, 2.75) is 83.0 Å². The highest BCUT2D eigenvalue weighted by atomic mass is 16.5. The van der Waals surface area contributed by atoms with Crippen LogP contribution in [0, 0.1) is 11.8 Å². The van der Waals surface area contributed by atoms with Crippen LogP contribution in [-0.2, 0) is 27.4 Å². The lowest BCUT2D eigenvalue weighted by atomic mass is 9.85. The number of carboxylic acids is 1. The van der Waals surface area contributed by atoms with Crippen LogP contribution in [-0.4, -0.2) is 51.5 Å². The molecule has 7 nitrogen and oxygen atoms in total. The van der Waals surface area contributed by atoms with E-state index in [4.69, 9.17) is 9.84 Å². The number of unbranched alkanes of at least 4 members (excludes halogenated alkanes) is 3. The zero-order chi connectivity index (χ0) is 22.8. The maximum atomic E-state index is 12.3. The Morgan fingerprint density at radius 1 is 1.19 bits per heavy atom. The summed E-state index contributed by atoms with van der Waals surface area (Å²) in [5, 5.41) is 39.4. The highest BCUT2D eigenvalue weighted by molar-refractivity contribution is 5.84. The molecule has 1 aliphatic rings. The first kappa shape index (κ1) is 25.3. The van der Waals surface area contributed by atoms with Gasteiger partial charge < -0.3 is 25.2 Å². The van der Waals surface area contributed by atoms with Crippen molar-refractivity contribution in [1.29, 1.82) is 0 Å². The molecule has 1 aromatic carbocycles. The second kappa shape index (κ2) is 12.8. The Labute approximate surface area is 184 Å². The number of hydrogen-bond acceptors (Lipinski definition) is 6. The van der Waals surface area contributed by atoms with Crippen LogP contribution in [0.2, 0.25) is 0 Å². The largest absolute Gasteiger partial charge is 0.508 e. The summed E-state index contributed by atoms with van der Waals surface area (Å²) in [4.78, 5) is 22.9. The molecule has 31 heavy (non-hydrogen) atoms. The van der Waals surface area contributed by atoms with E-state index in [2.05, 4.69) is 0 Å². The Morgan fingerprint density at radius 2 is 1.94 bits per heavy atom.